The molecule has 2 atom stereocenters. The van der Waals surface area contributed by atoms with E-state index in [0.717, 1.165) is 31.6 Å². The number of rotatable bonds is 1. The van der Waals surface area contributed by atoms with Crippen molar-refractivity contribution in [3.8, 4) is 0 Å². The minimum Gasteiger partial charge on any atom is -0.372 e. The summed E-state index contributed by atoms with van der Waals surface area (Å²) in [4.78, 5) is 0. The zero-order valence-electron chi connectivity index (χ0n) is 9.21. The first-order chi connectivity index (χ1) is 7.84. The lowest BCUT2D eigenvalue weighted by Gasteiger charge is -2.30. The Hall–Kier alpha value is -0.930. The van der Waals surface area contributed by atoms with Gasteiger partial charge in [0.15, 0.2) is 0 Å². The molecule has 2 aliphatic heterocycles. The second-order valence-electron chi connectivity index (χ2n) is 4.59. The van der Waals surface area contributed by atoms with Crippen LogP contribution in [0, 0.1) is 5.82 Å². The van der Waals surface area contributed by atoms with Gasteiger partial charge >= 0.3 is 0 Å². The van der Waals surface area contributed by atoms with E-state index >= 15 is 0 Å². The van der Waals surface area contributed by atoms with Gasteiger partial charge < -0.3 is 10.1 Å². The van der Waals surface area contributed by atoms with Crippen molar-refractivity contribution in [1.82, 2.24) is 5.32 Å². The number of ether oxygens (including phenoxy) is 1. The highest BCUT2D eigenvalue weighted by Crippen LogP contribution is 2.33. The van der Waals surface area contributed by atoms with Crippen molar-refractivity contribution < 1.29 is 9.13 Å². The van der Waals surface area contributed by atoms with Crippen LogP contribution >= 0.6 is 0 Å². The van der Waals surface area contributed by atoms with Gasteiger partial charge in [-0.25, -0.2) is 4.39 Å². The average Bonchev–Trinajstić information content (AvgIpc) is 2.81. The van der Waals surface area contributed by atoms with Gasteiger partial charge in [-0.05, 0) is 49.1 Å². The van der Waals surface area contributed by atoms with Crippen LogP contribution in [0.1, 0.15) is 30.1 Å². The van der Waals surface area contributed by atoms with E-state index in [1.165, 1.54) is 12.0 Å². The Labute approximate surface area is 94.8 Å². The lowest BCUT2D eigenvalue weighted by molar-refractivity contribution is 0.0197. The van der Waals surface area contributed by atoms with Crippen LogP contribution in [-0.2, 0) is 11.2 Å². The van der Waals surface area contributed by atoms with Gasteiger partial charge in [0.1, 0.15) is 5.82 Å². The molecule has 1 saturated heterocycles. The van der Waals surface area contributed by atoms with Crippen molar-refractivity contribution >= 4 is 0 Å². The summed E-state index contributed by atoms with van der Waals surface area (Å²) in [7, 11) is 0. The zero-order chi connectivity index (χ0) is 11.0. The highest BCUT2D eigenvalue weighted by molar-refractivity contribution is 5.32. The van der Waals surface area contributed by atoms with Crippen LogP contribution < -0.4 is 5.32 Å². The maximum atomic E-state index is 13.3. The Kier molecular flexibility index (Phi) is 2.65. The Morgan fingerprint density at radius 2 is 2.31 bits per heavy atom. The van der Waals surface area contributed by atoms with Crippen LogP contribution in [0.15, 0.2) is 18.2 Å². The van der Waals surface area contributed by atoms with Crippen molar-refractivity contribution in [2.45, 2.75) is 31.4 Å². The molecular weight excluding hydrogens is 205 g/mol. The topological polar surface area (TPSA) is 21.3 Å². The molecule has 2 nitrogen and oxygen atoms in total. The molecule has 1 N–H and O–H groups in total. The molecule has 16 heavy (non-hydrogen) atoms. The van der Waals surface area contributed by atoms with Crippen LogP contribution in [0.5, 0.6) is 0 Å². The Balaban J connectivity index is 1.94. The minimum atomic E-state index is -0.160. The third kappa shape index (κ3) is 1.74. The Bertz CT molecular complexity index is 388. The van der Waals surface area contributed by atoms with Crippen LogP contribution in [0.3, 0.4) is 0 Å². The summed E-state index contributed by atoms with van der Waals surface area (Å²) >= 11 is 0. The molecule has 0 amide bonds. The van der Waals surface area contributed by atoms with Gasteiger partial charge in [0.05, 0.1) is 12.7 Å². The second-order valence-corrected chi connectivity index (χ2v) is 4.59. The molecular formula is C13H16FNO. The largest absolute Gasteiger partial charge is 0.372 e. The average molecular weight is 221 g/mol. The van der Waals surface area contributed by atoms with Crippen molar-refractivity contribution in [2.24, 2.45) is 0 Å². The first-order valence-electron chi connectivity index (χ1n) is 5.98. The smallest absolute Gasteiger partial charge is 0.123 e. The summed E-state index contributed by atoms with van der Waals surface area (Å²) in [6, 6.07) is 5.44. The molecule has 0 radical (unpaired) electrons. The van der Waals surface area contributed by atoms with Gasteiger partial charge in [0.25, 0.3) is 0 Å². The van der Waals surface area contributed by atoms with Crippen molar-refractivity contribution in [2.75, 3.05) is 13.2 Å². The molecule has 1 aromatic rings. The number of hydrogen-bond acceptors (Lipinski definition) is 2. The monoisotopic (exact) mass is 221 g/mol. The highest BCUT2D eigenvalue weighted by Gasteiger charge is 2.30. The van der Waals surface area contributed by atoms with Gasteiger partial charge in [-0.15, -0.1) is 0 Å². The SMILES string of the molecule is Fc1ccc2c(c1)[C@@H](C1CCCN1)OCC2. The minimum absolute atomic E-state index is 0.0435. The fourth-order valence-corrected chi connectivity index (χ4v) is 2.75. The molecule has 0 saturated carbocycles. The normalized spacial score (nSPS) is 29.1. The maximum absolute atomic E-state index is 13.3. The van der Waals surface area contributed by atoms with Crippen LogP contribution in [0.25, 0.3) is 0 Å². The molecule has 1 fully saturated rings. The summed E-state index contributed by atoms with van der Waals surface area (Å²) in [6.07, 6.45) is 3.26. The van der Waals surface area contributed by atoms with Gasteiger partial charge in [-0.3, -0.25) is 0 Å². The molecule has 86 valence electrons. The number of nitrogens with one attached hydrogen (secondary N) is 1. The van der Waals surface area contributed by atoms with Gasteiger partial charge in [0.2, 0.25) is 0 Å². The molecule has 0 aromatic heterocycles. The quantitative estimate of drug-likeness (QED) is 0.785. The molecule has 1 aromatic carbocycles. The molecule has 0 aliphatic carbocycles. The summed E-state index contributed by atoms with van der Waals surface area (Å²) in [5.74, 6) is -0.160. The summed E-state index contributed by atoms with van der Waals surface area (Å²) in [6.45, 7) is 1.80. The highest BCUT2D eigenvalue weighted by atomic mass is 19.1. The molecule has 0 bridgehead atoms. The van der Waals surface area contributed by atoms with Crippen LogP contribution in [-0.4, -0.2) is 19.2 Å². The summed E-state index contributed by atoms with van der Waals surface area (Å²) < 4.78 is 19.1. The van der Waals surface area contributed by atoms with E-state index in [-0.39, 0.29) is 11.9 Å². The number of fused-ring (bicyclic) bond motifs is 1. The third-order valence-electron chi connectivity index (χ3n) is 3.55. The molecule has 3 heteroatoms. The predicted octanol–water partition coefficient (Wildman–Crippen LogP) is 2.19. The third-order valence-corrected chi connectivity index (χ3v) is 3.55. The van der Waals surface area contributed by atoms with E-state index in [2.05, 4.69) is 5.32 Å². The maximum Gasteiger partial charge on any atom is 0.123 e. The van der Waals surface area contributed by atoms with E-state index in [1.54, 1.807) is 12.1 Å². The number of halogens is 1. The summed E-state index contributed by atoms with van der Waals surface area (Å²) in [5, 5.41) is 3.44. The lowest BCUT2D eigenvalue weighted by Crippen LogP contribution is -2.33. The molecule has 3 rings (SSSR count). The van der Waals surface area contributed by atoms with Crippen molar-refractivity contribution in [1.29, 1.82) is 0 Å². The van der Waals surface area contributed by atoms with E-state index < -0.39 is 0 Å². The zero-order valence-corrected chi connectivity index (χ0v) is 9.21. The lowest BCUT2D eigenvalue weighted by atomic mass is 9.92. The Morgan fingerprint density at radius 3 is 3.12 bits per heavy atom. The summed E-state index contributed by atoms with van der Waals surface area (Å²) in [5.41, 5.74) is 2.29. The number of hydrogen-bond donors (Lipinski definition) is 1. The van der Waals surface area contributed by atoms with Crippen LogP contribution in [0.4, 0.5) is 4.39 Å². The first-order valence-corrected chi connectivity index (χ1v) is 5.98. The standard InChI is InChI=1S/C13H16FNO/c14-10-4-3-9-5-7-16-13(11(9)8-10)12-2-1-6-15-12/h3-4,8,12-13,15H,1-2,5-7H2/t12?,13-/m0/s1. The van der Waals surface area contributed by atoms with E-state index in [4.69, 9.17) is 4.74 Å². The van der Waals surface area contributed by atoms with Crippen molar-refractivity contribution in [3.63, 3.8) is 0 Å². The molecule has 1 unspecified atom stereocenters. The second kappa shape index (κ2) is 4.15. The fourth-order valence-electron chi connectivity index (χ4n) is 2.75. The van der Waals surface area contributed by atoms with Gasteiger partial charge in [-0.2, -0.15) is 0 Å². The van der Waals surface area contributed by atoms with Crippen LogP contribution in [0.2, 0.25) is 0 Å². The Morgan fingerprint density at radius 1 is 1.38 bits per heavy atom. The fraction of sp³-hybridized carbons (Fsp3) is 0.538. The van der Waals surface area contributed by atoms with Crippen molar-refractivity contribution in [3.05, 3.63) is 35.1 Å². The molecule has 2 heterocycles. The van der Waals surface area contributed by atoms with Gasteiger partial charge in [0, 0.05) is 6.04 Å². The molecule has 2 aliphatic rings. The predicted molar refractivity (Wildman–Crippen MR) is 59.8 cm³/mol. The van der Waals surface area contributed by atoms with E-state index in [1.807, 2.05) is 6.07 Å². The van der Waals surface area contributed by atoms with E-state index in [0.29, 0.717) is 6.04 Å². The number of benzene rings is 1. The van der Waals surface area contributed by atoms with E-state index in [9.17, 15) is 4.39 Å². The molecule has 0 spiro atoms. The first kappa shape index (κ1) is 10.2. The van der Waals surface area contributed by atoms with Gasteiger partial charge in [-0.1, -0.05) is 6.07 Å².